The van der Waals surface area contributed by atoms with Crippen molar-refractivity contribution >= 4 is 5.97 Å². The topological polar surface area (TPSA) is 77.8 Å². The first kappa shape index (κ1) is 21.7. The van der Waals surface area contributed by atoms with E-state index < -0.39 is 5.97 Å². The number of ether oxygens (including phenoxy) is 2. The molecule has 1 aromatic heterocycles. The van der Waals surface area contributed by atoms with Crippen LogP contribution in [0, 0.1) is 0 Å². The van der Waals surface area contributed by atoms with Crippen LogP contribution in [0.1, 0.15) is 47.8 Å². The van der Waals surface area contributed by atoms with E-state index in [9.17, 15) is 14.7 Å². The molecule has 1 aliphatic heterocycles. The van der Waals surface area contributed by atoms with Crippen molar-refractivity contribution in [2.45, 2.75) is 39.2 Å². The first-order valence-electron chi connectivity index (χ1n) is 11.0. The molecule has 1 N–H and O–H groups in total. The minimum atomic E-state index is -0.613. The van der Waals surface area contributed by atoms with Gasteiger partial charge in [0, 0.05) is 30.3 Å². The van der Waals surface area contributed by atoms with E-state index in [2.05, 4.69) is 6.92 Å². The number of fused-ring (bicyclic) bond motifs is 3. The number of pyridine rings is 1. The number of hydrogen-bond donors (Lipinski definition) is 1. The second kappa shape index (κ2) is 9.30. The summed E-state index contributed by atoms with van der Waals surface area (Å²) in [5.41, 5.74) is 3.27. The highest BCUT2D eigenvalue weighted by Crippen LogP contribution is 2.41. The highest BCUT2D eigenvalue weighted by atomic mass is 16.5. The minimum absolute atomic E-state index is 0.0280. The third-order valence-electron chi connectivity index (χ3n) is 5.85. The highest BCUT2D eigenvalue weighted by Gasteiger charge is 2.27. The molecule has 0 spiro atoms. The van der Waals surface area contributed by atoms with Crippen molar-refractivity contribution < 1.29 is 19.4 Å². The third kappa shape index (κ3) is 4.26. The van der Waals surface area contributed by atoms with Crippen LogP contribution in [0.4, 0.5) is 0 Å². The van der Waals surface area contributed by atoms with Gasteiger partial charge in [-0.25, -0.2) is 4.79 Å². The second-order valence-corrected chi connectivity index (χ2v) is 7.89. The van der Waals surface area contributed by atoms with E-state index in [1.54, 1.807) is 19.2 Å². The number of aromatic nitrogens is 1. The maximum atomic E-state index is 12.6. The molecule has 0 fully saturated rings. The Labute approximate surface area is 187 Å². The lowest BCUT2D eigenvalue weighted by atomic mass is 9.90. The van der Waals surface area contributed by atoms with Crippen molar-refractivity contribution in [1.82, 2.24) is 4.57 Å². The summed E-state index contributed by atoms with van der Waals surface area (Å²) in [4.78, 5) is 24.8. The quantitative estimate of drug-likeness (QED) is 0.554. The van der Waals surface area contributed by atoms with Crippen LogP contribution in [0.2, 0.25) is 0 Å². The Morgan fingerprint density at radius 3 is 2.66 bits per heavy atom. The molecule has 6 nitrogen and oxygen atoms in total. The normalized spacial score (nSPS) is 14.4. The molecule has 0 radical (unpaired) electrons. The van der Waals surface area contributed by atoms with Gasteiger partial charge >= 0.3 is 5.97 Å². The van der Waals surface area contributed by atoms with Gasteiger partial charge in [0.1, 0.15) is 5.56 Å². The molecule has 1 aliphatic rings. The molecule has 0 saturated heterocycles. The molecule has 1 unspecified atom stereocenters. The average Bonchev–Trinajstić information content (AvgIpc) is 2.79. The summed E-state index contributed by atoms with van der Waals surface area (Å²) in [6, 6.07) is 15.1. The minimum Gasteiger partial charge on any atom is -0.504 e. The molecule has 4 rings (SSSR count). The summed E-state index contributed by atoms with van der Waals surface area (Å²) < 4.78 is 12.9. The predicted octanol–water partition coefficient (Wildman–Crippen LogP) is 4.53. The van der Waals surface area contributed by atoms with Gasteiger partial charge in [-0.2, -0.15) is 0 Å². The Morgan fingerprint density at radius 2 is 1.94 bits per heavy atom. The maximum Gasteiger partial charge on any atom is 0.343 e. The number of nitrogens with zero attached hydrogens (tertiary/aromatic N) is 1. The van der Waals surface area contributed by atoms with E-state index in [0.29, 0.717) is 24.5 Å². The molecule has 1 atom stereocenters. The standard InChI is InChI=1S/C26H27NO5/c1-3-19-12-18-13-25(32-11-10-17-8-6-5-7-9-17)24(29)14-20(18)22-15-23(28)21(16-27(19)22)26(30)31-4-2/h5-9,13-16,19,29H,3-4,10-12H2,1-2H3. The monoisotopic (exact) mass is 433 g/mol. The molecule has 32 heavy (non-hydrogen) atoms. The fourth-order valence-corrected chi connectivity index (χ4v) is 4.18. The number of aromatic hydroxyl groups is 1. The molecule has 0 saturated carbocycles. The third-order valence-corrected chi connectivity index (χ3v) is 5.85. The summed E-state index contributed by atoms with van der Waals surface area (Å²) in [5.74, 6) is -0.146. The molecule has 2 aromatic carbocycles. The zero-order valence-electron chi connectivity index (χ0n) is 18.3. The van der Waals surface area contributed by atoms with E-state index in [-0.39, 0.29) is 29.4 Å². The van der Waals surface area contributed by atoms with Gasteiger partial charge in [-0.3, -0.25) is 4.79 Å². The summed E-state index contributed by atoms with van der Waals surface area (Å²) in [5, 5.41) is 10.6. The number of rotatable bonds is 7. The van der Waals surface area contributed by atoms with Gasteiger partial charge in [0.2, 0.25) is 0 Å². The molecule has 2 heterocycles. The zero-order valence-corrected chi connectivity index (χ0v) is 18.3. The van der Waals surface area contributed by atoms with Crippen molar-refractivity contribution in [2.24, 2.45) is 0 Å². The Balaban J connectivity index is 1.65. The van der Waals surface area contributed by atoms with E-state index in [1.165, 1.54) is 11.6 Å². The van der Waals surface area contributed by atoms with Crippen LogP contribution < -0.4 is 10.2 Å². The lowest BCUT2D eigenvalue weighted by Crippen LogP contribution is -2.26. The summed E-state index contributed by atoms with van der Waals surface area (Å²) in [7, 11) is 0. The van der Waals surface area contributed by atoms with Crippen molar-refractivity contribution in [2.75, 3.05) is 13.2 Å². The SMILES string of the molecule is CCOC(=O)c1cn2c(cc1=O)-c1cc(O)c(OCCc3ccccc3)cc1CC2CC. The van der Waals surface area contributed by atoms with Gasteiger partial charge in [0.15, 0.2) is 16.9 Å². The van der Waals surface area contributed by atoms with Crippen molar-refractivity contribution in [3.63, 3.8) is 0 Å². The highest BCUT2D eigenvalue weighted by molar-refractivity contribution is 5.89. The van der Waals surface area contributed by atoms with Crippen LogP contribution in [0.5, 0.6) is 11.5 Å². The Kier molecular flexibility index (Phi) is 6.30. The number of carbonyl (C=O) groups is 1. The first-order chi connectivity index (χ1) is 15.5. The Morgan fingerprint density at radius 1 is 1.16 bits per heavy atom. The zero-order chi connectivity index (χ0) is 22.7. The largest absolute Gasteiger partial charge is 0.504 e. The van der Waals surface area contributed by atoms with E-state index in [4.69, 9.17) is 9.47 Å². The van der Waals surface area contributed by atoms with Gasteiger partial charge in [-0.1, -0.05) is 37.3 Å². The predicted molar refractivity (Wildman–Crippen MR) is 122 cm³/mol. The van der Waals surface area contributed by atoms with E-state index >= 15 is 0 Å². The van der Waals surface area contributed by atoms with Crippen LogP contribution in [-0.4, -0.2) is 28.9 Å². The number of esters is 1. The molecule has 0 amide bonds. The van der Waals surface area contributed by atoms with E-state index in [1.807, 2.05) is 41.0 Å². The summed E-state index contributed by atoms with van der Waals surface area (Å²) in [6.07, 6.45) is 3.86. The van der Waals surface area contributed by atoms with Gasteiger partial charge in [-0.15, -0.1) is 0 Å². The number of carbonyl (C=O) groups excluding carboxylic acids is 1. The smallest absolute Gasteiger partial charge is 0.343 e. The molecule has 0 aliphatic carbocycles. The van der Waals surface area contributed by atoms with Crippen LogP contribution in [0.25, 0.3) is 11.3 Å². The average molecular weight is 434 g/mol. The van der Waals surface area contributed by atoms with Crippen molar-refractivity contribution in [3.8, 4) is 22.8 Å². The summed E-state index contributed by atoms with van der Waals surface area (Å²) in [6.45, 7) is 4.44. The van der Waals surface area contributed by atoms with Crippen LogP contribution in [-0.2, 0) is 17.6 Å². The van der Waals surface area contributed by atoms with Gasteiger partial charge in [-0.05, 0) is 43.0 Å². The Bertz CT molecular complexity index is 1180. The van der Waals surface area contributed by atoms with Gasteiger partial charge < -0.3 is 19.1 Å². The molecule has 3 aromatic rings. The lowest BCUT2D eigenvalue weighted by Gasteiger charge is -2.30. The van der Waals surface area contributed by atoms with Crippen LogP contribution in [0.3, 0.4) is 0 Å². The van der Waals surface area contributed by atoms with Crippen molar-refractivity contribution in [3.05, 3.63) is 81.6 Å². The van der Waals surface area contributed by atoms with Crippen molar-refractivity contribution in [1.29, 1.82) is 0 Å². The van der Waals surface area contributed by atoms with Gasteiger partial charge in [0.05, 0.1) is 18.9 Å². The molecule has 166 valence electrons. The lowest BCUT2D eigenvalue weighted by molar-refractivity contribution is 0.0523. The second-order valence-electron chi connectivity index (χ2n) is 7.89. The van der Waals surface area contributed by atoms with E-state index in [0.717, 1.165) is 24.0 Å². The Hall–Kier alpha value is -3.54. The summed E-state index contributed by atoms with van der Waals surface area (Å²) >= 11 is 0. The molecular weight excluding hydrogens is 406 g/mol. The number of hydrogen-bond acceptors (Lipinski definition) is 5. The fraction of sp³-hybridized carbons (Fsp3) is 0.308. The first-order valence-corrected chi connectivity index (χ1v) is 11.0. The maximum absolute atomic E-state index is 12.6. The van der Waals surface area contributed by atoms with Crippen LogP contribution >= 0.6 is 0 Å². The van der Waals surface area contributed by atoms with Crippen LogP contribution in [0.15, 0.2) is 59.5 Å². The molecular formula is C26H27NO5. The molecule has 0 bridgehead atoms. The number of benzene rings is 2. The molecule has 6 heteroatoms. The fourth-order valence-electron chi connectivity index (χ4n) is 4.18. The number of phenolic OH excluding ortho intramolecular Hbond substituents is 1. The number of phenols is 1. The van der Waals surface area contributed by atoms with Gasteiger partial charge in [0.25, 0.3) is 0 Å².